The minimum Gasteiger partial charge on any atom is -0.490 e. The van der Waals surface area contributed by atoms with Gasteiger partial charge in [0, 0.05) is 38.3 Å². The number of anilines is 1. The normalized spacial score (nSPS) is 16.0. The first-order valence-corrected chi connectivity index (χ1v) is 7.65. The minimum absolute atomic E-state index is 0.155. The fourth-order valence-electron chi connectivity index (χ4n) is 2.35. The molecule has 0 amide bonds. The van der Waals surface area contributed by atoms with Crippen molar-refractivity contribution in [3.63, 3.8) is 0 Å². The molecule has 1 aromatic heterocycles. The van der Waals surface area contributed by atoms with Crippen LogP contribution in [-0.2, 0) is 0 Å². The number of hydrogen-bond acceptors (Lipinski definition) is 4. The van der Waals surface area contributed by atoms with Gasteiger partial charge in [0.15, 0.2) is 0 Å². The van der Waals surface area contributed by atoms with Crippen molar-refractivity contribution in [3.05, 3.63) is 46.9 Å². The second-order valence-corrected chi connectivity index (χ2v) is 5.88. The maximum Gasteiger partial charge on any atom is 0.225 e. The van der Waals surface area contributed by atoms with Crippen LogP contribution >= 0.6 is 15.9 Å². The zero-order chi connectivity index (χ0) is 14.7. The highest BCUT2D eigenvalue weighted by atomic mass is 79.9. The molecular formula is C15H15BrFN3O. The lowest BCUT2D eigenvalue weighted by Crippen LogP contribution is -2.39. The third-order valence-corrected chi connectivity index (χ3v) is 3.86. The van der Waals surface area contributed by atoms with Crippen LogP contribution in [0.2, 0.25) is 0 Å². The Labute approximate surface area is 131 Å². The molecule has 0 atom stereocenters. The molecule has 21 heavy (non-hydrogen) atoms. The van der Waals surface area contributed by atoms with Gasteiger partial charge in [0.05, 0.1) is 4.47 Å². The van der Waals surface area contributed by atoms with E-state index >= 15 is 0 Å². The summed E-state index contributed by atoms with van der Waals surface area (Å²) in [6.45, 7) is 1.71. The Morgan fingerprint density at radius 2 is 1.71 bits per heavy atom. The smallest absolute Gasteiger partial charge is 0.225 e. The van der Waals surface area contributed by atoms with Crippen LogP contribution in [0.1, 0.15) is 12.8 Å². The molecule has 1 fully saturated rings. The molecule has 2 aromatic rings. The molecule has 0 N–H and O–H groups in total. The zero-order valence-electron chi connectivity index (χ0n) is 11.4. The Balaban J connectivity index is 1.55. The molecule has 1 aliphatic heterocycles. The quantitative estimate of drug-likeness (QED) is 0.849. The molecule has 2 heterocycles. The van der Waals surface area contributed by atoms with Crippen LogP contribution in [0.25, 0.3) is 0 Å². The fraction of sp³-hybridized carbons (Fsp3) is 0.333. The second kappa shape index (κ2) is 6.39. The van der Waals surface area contributed by atoms with Gasteiger partial charge in [-0.3, -0.25) is 0 Å². The van der Waals surface area contributed by atoms with E-state index in [2.05, 4.69) is 30.8 Å². The van der Waals surface area contributed by atoms with E-state index in [9.17, 15) is 4.39 Å². The van der Waals surface area contributed by atoms with Gasteiger partial charge in [-0.25, -0.2) is 14.4 Å². The molecular weight excluding hydrogens is 337 g/mol. The van der Waals surface area contributed by atoms with Gasteiger partial charge in [0.25, 0.3) is 0 Å². The van der Waals surface area contributed by atoms with E-state index in [1.54, 1.807) is 24.5 Å². The van der Waals surface area contributed by atoms with Crippen LogP contribution in [0, 0.1) is 5.82 Å². The van der Waals surface area contributed by atoms with Crippen LogP contribution in [0.3, 0.4) is 0 Å². The average Bonchev–Trinajstić information content (AvgIpc) is 2.51. The van der Waals surface area contributed by atoms with Crippen LogP contribution in [0.4, 0.5) is 10.3 Å². The number of benzene rings is 1. The molecule has 0 spiro atoms. The topological polar surface area (TPSA) is 38.2 Å². The number of hydrogen-bond donors (Lipinski definition) is 0. The van der Waals surface area contributed by atoms with Crippen molar-refractivity contribution in [1.82, 2.24) is 9.97 Å². The van der Waals surface area contributed by atoms with E-state index in [0.29, 0.717) is 0 Å². The SMILES string of the molecule is Fc1ccc(OC2CCN(c3ncc(Br)cn3)CC2)cc1. The summed E-state index contributed by atoms with van der Waals surface area (Å²) in [5.41, 5.74) is 0. The van der Waals surface area contributed by atoms with Gasteiger partial charge in [-0.2, -0.15) is 0 Å². The van der Waals surface area contributed by atoms with Crippen molar-refractivity contribution in [3.8, 4) is 5.75 Å². The number of halogens is 2. The van der Waals surface area contributed by atoms with E-state index in [1.165, 1.54) is 12.1 Å². The monoisotopic (exact) mass is 351 g/mol. The van der Waals surface area contributed by atoms with Gasteiger partial charge in [-0.1, -0.05) is 0 Å². The Kier molecular flexibility index (Phi) is 4.34. The Bertz CT molecular complexity index is 583. The summed E-state index contributed by atoms with van der Waals surface area (Å²) >= 11 is 3.33. The molecule has 6 heteroatoms. The number of rotatable bonds is 3. The third kappa shape index (κ3) is 3.69. The molecule has 0 unspecified atom stereocenters. The second-order valence-electron chi connectivity index (χ2n) is 4.96. The predicted octanol–water partition coefficient (Wildman–Crippen LogP) is 3.43. The Morgan fingerprint density at radius 3 is 2.33 bits per heavy atom. The van der Waals surface area contributed by atoms with Crippen molar-refractivity contribution in [2.45, 2.75) is 18.9 Å². The van der Waals surface area contributed by atoms with Crippen molar-refractivity contribution in [1.29, 1.82) is 0 Å². The van der Waals surface area contributed by atoms with Crippen molar-refractivity contribution in [2.24, 2.45) is 0 Å². The lowest BCUT2D eigenvalue weighted by molar-refractivity contribution is 0.170. The molecule has 1 saturated heterocycles. The maximum absolute atomic E-state index is 12.9. The van der Waals surface area contributed by atoms with Crippen LogP contribution in [-0.4, -0.2) is 29.2 Å². The molecule has 4 nitrogen and oxygen atoms in total. The molecule has 110 valence electrons. The Hall–Kier alpha value is -1.69. The largest absolute Gasteiger partial charge is 0.490 e. The summed E-state index contributed by atoms with van der Waals surface area (Å²) in [6, 6.07) is 6.17. The van der Waals surface area contributed by atoms with Crippen molar-refractivity contribution >= 4 is 21.9 Å². The lowest BCUT2D eigenvalue weighted by atomic mass is 10.1. The van der Waals surface area contributed by atoms with Gasteiger partial charge >= 0.3 is 0 Å². The lowest BCUT2D eigenvalue weighted by Gasteiger charge is -2.32. The van der Waals surface area contributed by atoms with Gasteiger partial charge in [0.2, 0.25) is 5.95 Å². The summed E-state index contributed by atoms with van der Waals surface area (Å²) in [6.07, 6.45) is 5.46. The molecule has 0 radical (unpaired) electrons. The molecule has 3 rings (SSSR count). The standard InChI is InChI=1S/C15H15BrFN3O/c16-11-9-18-15(19-10-11)20-7-5-14(6-8-20)21-13-3-1-12(17)2-4-13/h1-4,9-10,14H,5-8H2. The van der Waals surface area contributed by atoms with Crippen molar-refractivity contribution in [2.75, 3.05) is 18.0 Å². The molecule has 1 aromatic carbocycles. The van der Waals surface area contributed by atoms with Crippen molar-refractivity contribution < 1.29 is 9.13 Å². The van der Waals surface area contributed by atoms with Gasteiger partial charge in [-0.15, -0.1) is 0 Å². The first-order chi connectivity index (χ1) is 10.2. The summed E-state index contributed by atoms with van der Waals surface area (Å²) in [7, 11) is 0. The van der Waals surface area contributed by atoms with E-state index in [0.717, 1.165) is 42.1 Å². The predicted molar refractivity (Wildman–Crippen MR) is 82.0 cm³/mol. The van der Waals surface area contributed by atoms with Gasteiger partial charge in [-0.05, 0) is 40.2 Å². The third-order valence-electron chi connectivity index (χ3n) is 3.45. The average molecular weight is 352 g/mol. The fourth-order valence-corrected chi connectivity index (χ4v) is 2.55. The first-order valence-electron chi connectivity index (χ1n) is 6.85. The molecule has 0 aliphatic carbocycles. The summed E-state index contributed by atoms with van der Waals surface area (Å²) in [5, 5.41) is 0. The molecule has 0 bridgehead atoms. The summed E-state index contributed by atoms with van der Waals surface area (Å²) in [4.78, 5) is 10.8. The van der Waals surface area contributed by atoms with Crippen LogP contribution in [0.15, 0.2) is 41.1 Å². The highest BCUT2D eigenvalue weighted by molar-refractivity contribution is 9.10. The summed E-state index contributed by atoms with van der Waals surface area (Å²) in [5.74, 6) is 1.22. The minimum atomic E-state index is -0.246. The van der Waals surface area contributed by atoms with E-state index in [-0.39, 0.29) is 11.9 Å². The van der Waals surface area contributed by atoms with Crippen LogP contribution in [0.5, 0.6) is 5.75 Å². The highest BCUT2D eigenvalue weighted by Crippen LogP contribution is 2.21. The number of nitrogens with zero attached hydrogens (tertiary/aromatic N) is 3. The molecule has 1 aliphatic rings. The van der Waals surface area contributed by atoms with Gasteiger partial charge in [0.1, 0.15) is 17.7 Å². The highest BCUT2D eigenvalue weighted by Gasteiger charge is 2.22. The molecule has 0 saturated carbocycles. The Morgan fingerprint density at radius 1 is 1.10 bits per heavy atom. The number of ether oxygens (including phenoxy) is 1. The van der Waals surface area contributed by atoms with Gasteiger partial charge < -0.3 is 9.64 Å². The number of aromatic nitrogens is 2. The maximum atomic E-state index is 12.9. The number of piperidine rings is 1. The van der Waals surface area contributed by atoms with E-state index in [1.807, 2.05) is 0 Å². The van der Waals surface area contributed by atoms with E-state index in [4.69, 9.17) is 4.74 Å². The first kappa shape index (κ1) is 14.3. The summed E-state index contributed by atoms with van der Waals surface area (Å²) < 4.78 is 19.6. The zero-order valence-corrected chi connectivity index (χ0v) is 13.0. The van der Waals surface area contributed by atoms with Crippen LogP contribution < -0.4 is 9.64 Å². The van der Waals surface area contributed by atoms with E-state index < -0.39 is 0 Å².